The molecule has 0 aliphatic rings. The SMILES string of the molecule is Cc1ccc(C(=O)N(C(C)C)C(C)C)c(I)c1. The van der Waals surface area contributed by atoms with Crippen molar-refractivity contribution >= 4 is 28.5 Å². The van der Waals surface area contributed by atoms with Crippen LogP contribution < -0.4 is 0 Å². The largest absolute Gasteiger partial charge is 0.334 e. The van der Waals surface area contributed by atoms with Gasteiger partial charge in [0.15, 0.2) is 0 Å². The van der Waals surface area contributed by atoms with Gasteiger partial charge in [0.25, 0.3) is 5.91 Å². The van der Waals surface area contributed by atoms with Gasteiger partial charge in [0, 0.05) is 15.7 Å². The number of aryl methyl sites for hydroxylation is 1. The number of hydrogen-bond donors (Lipinski definition) is 0. The summed E-state index contributed by atoms with van der Waals surface area (Å²) in [7, 11) is 0. The fourth-order valence-corrected chi connectivity index (χ4v) is 2.90. The Bertz CT molecular complexity index is 405. The molecule has 0 heterocycles. The van der Waals surface area contributed by atoms with E-state index in [1.807, 2.05) is 30.0 Å². The second-order valence-electron chi connectivity index (χ2n) is 4.88. The van der Waals surface area contributed by atoms with Crippen LogP contribution in [0.2, 0.25) is 0 Å². The van der Waals surface area contributed by atoms with Crippen LogP contribution in [0.3, 0.4) is 0 Å². The molecule has 0 unspecified atom stereocenters. The van der Waals surface area contributed by atoms with Crippen LogP contribution in [0.25, 0.3) is 0 Å². The average molecular weight is 345 g/mol. The number of amides is 1. The van der Waals surface area contributed by atoms with Gasteiger partial charge in [0.1, 0.15) is 0 Å². The summed E-state index contributed by atoms with van der Waals surface area (Å²) in [5.74, 6) is 0.124. The maximum absolute atomic E-state index is 12.5. The number of hydrogen-bond acceptors (Lipinski definition) is 1. The van der Waals surface area contributed by atoms with E-state index in [0.717, 1.165) is 9.13 Å². The molecule has 0 saturated carbocycles. The predicted molar refractivity (Wildman–Crippen MR) is 80.3 cm³/mol. The quantitative estimate of drug-likeness (QED) is 0.762. The molecule has 0 saturated heterocycles. The van der Waals surface area contributed by atoms with Crippen LogP contribution in [0.5, 0.6) is 0 Å². The van der Waals surface area contributed by atoms with Crippen molar-refractivity contribution in [2.75, 3.05) is 0 Å². The first kappa shape index (κ1) is 14.5. The zero-order valence-corrected chi connectivity index (χ0v) is 13.3. The molecule has 0 N–H and O–H groups in total. The molecule has 1 amide bonds. The molecule has 94 valence electrons. The molecule has 17 heavy (non-hydrogen) atoms. The maximum atomic E-state index is 12.5. The molecule has 2 nitrogen and oxygen atoms in total. The molecule has 0 aromatic heterocycles. The van der Waals surface area contributed by atoms with Gasteiger partial charge in [-0.25, -0.2) is 0 Å². The van der Waals surface area contributed by atoms with Gasteiger partial charge in [0.2, 0.25) is 0 Å². The summed E-state index contributed by atoms with van der Waals surface area (Å²) in [4.78, 5) is 14.4. The lowest BCUT2D eigenvalue weighted by Crippen LogP contribution is -2.42. The standard InChI is InChI=1S/C14H20INO/c1-9(2)16(10(3)4)14(17)12-7-6-11(5)8-13(12)15/h6-10H,1-5H3. The zero-order valence-electron chi connectivity index (χ0n) is 11.1. The van der Waals surface area contributed by atoms with E-state index >= 15 is 0 Å². The average Bonchev–Trinajstić information content (AvgIpc) is 2.15. The highest BCUT2D eigenvalue weighted by atomic mass is 127. The summed E-state index contributed by atoms with van der Waals surface area (Å²) in [6, 6.07) is 6.41. The van der Waals surface area contributed by atoms with Gasteiger partial charge in [-0.1, -0.05) is 11.6 Å². The number of benzene rings is 1. The minimum Gasteiger partial charge on any atom is -0.334 e. The van der Waals surface area contributed by atoms with E-state index in [9.17, 15) is 4.79 Å². The first-order valence-corrected chi connectivity index (χ1v) is 7.01. The van der Waals surface area contributed by atoms with E-state index in [-0.39, 0.29) is 18.0 Å². The smallest absolute Gasteiger partial charge is 0.255 e. The first-order valence-electron chi connectivity index (χ1n) is 5.93. The van der Waals surface area contributed by atoms with Crippen molar-refractivity contribution in [1.29, 1.82) is 0 Å². The highest BCUT2D eigenvalue weighted by Crippen LogP contribution is 2.19. The molecule has 3 heteroatoms. The van der Waals surface area contributed by atoms with Crippen molar-refractivity contribution in [3.05, 3.63) is 32.9 Å². The van der Waals surface area contributed by atoms with Gasteiger partial charge in [-0.3, -0.25) is 4.79 Å². The number of carbonyl (C=O) groups is 1. The van der Waals surface area contributed by atoms with Gasteiger partial charge >= 0.3 is 0 Å². The van der Waals surface area contributed by atoms with Crippen LogP contribution >= 0.6 is 22.6 Å². The van der Waals surface area contributed by atoms with Crippen molar-refractivity contribution in [2.24, 2.45) is 0 Å². The Kier molecular flexibility index (Phi) is 4.98. The van der Waals surface area contributed by atoms with E-state index < -0.39 is 0 Å². The molecule has 0 fully saturated rings. The minimum atomic E-state index is 0.124. The Morgan fingerprint density at radius 3 is 2.12 bits per heavy atom. The van der Waals surface area contributed by atoms with E-state index in [2.05, 4.69) is 50.3 Å². The highest BCUT2D eigenvalue weighted by molar-refractivity contribution is 14.1. The lowest BCUT2D eigenvalue weighted by Gasteiger charge is -2.31. The van der Waals surface area contributed by atoms with E-state index in [1.54, 1.807) is 0 Å². The number of halogens is 1. The molecule has 0 bridgehead atoms. The maximum Gasteiger partial charge on any atom is 0.255 e. The highest BCUT2D eigenvalue weighted by Gasteiger charge is 2.22. The fourth-order valence-electron chi connectivity index (χ4n) is 2.00. The first-order chi connectivity index (χ1) is 7.84. The monoisotopic (exact) mass is 345 g/mol. The van der Waals surface area contributed by atoms with Gasteiger partial charge in [-0.05, 0) is 69.3 Å². The normalized spacial score (nSPS) is 11.1. The molecule has 0 aliphatic heterocycles. The molecule has 0 atom stereocenters. The summed E-state index contributed by atoms with van der Waals surface area (Å²) in [6.07, 6.45) is 0. The molecule has 0 radical (unpaired) electrons. The fraction of sp³-hybridized carbons (Fsp3) is 0.500. The second kappa shape index (κ2) is 5.85. The molecule has 1 aromatic carbocycles. The van der Waals surface area contributed by atoms with Crippen LogP contribution in [-0.4, -0.2) is 22.9 Å². The Morgan fingerprint density at radius 1 is 1.18 bits per heavy atom. The molecule has 1 rings (SSSR count). The Hall–Kier alpha value is -0.580. The van der Waals surface area contributed by atoms with E-state index in [4.69, 9.17) is 0 Å². The predicted octanol–water partition coefficient (Wildman–Crippen LogP) is 3.86. The van der Waals surface area contributed by atoms with Crippen LogP contribution in [0.1, 0.15) is 43.6 Å². The van der Waals surface area contributed by atoms with Crippen molar-refractivity contribution in [3.8, 4) is 0 Å². The van der Waals surface area contributed by atoms with E-state index in [0.29, 0.717) is 0 Å². The van der Waals surface area contributed by atoms with Crippen molar-refractivity contribution in [1.82, 2.24) is 4.90 Å². The van der Waals surface area contributed by atoms with Crippen LogP contribution in [0, 0.1) is 10.5 Å². The topological polar surface area (TPSA) is 20.3 Å². The van der Waals surface area contributed by atoms with Crippen LogP contribution in [-0.2, 0) is 0 Å². The zero-order chi connectivity index (χ0) is 13.2. The Morgan fingerprint density at radius 2 is 1.71 bits per heavy atom. The Labute approximate surface area is 118 Å². The third kappa shape index (κ3) is 3.44. The summed E-state index contributed by atoms with van der Waals surface area (Å²) < 4.78 is 1.03. The van der Waals surface area contributed by atoms with Gasteiger partial charge in [-0.2, -0.15) is 0 Å². The van der Waals surface area contributed by atoms with Crippen LogP contribution in [0.4, 0.5) is 0 Å². The third-order valence-corrected chi connectivity index (χ3v) is 3.59. The molecule has 0 spiro atoms. The summed E-state index contributed by atoms with van der Waals surface area (Å²) in [5.41, 5.74) is 1.99. The lowest BCUT2D eigenvalue weighted by molar-refractivity contribution is 0.0642. The minimum absolute atomic E-state index is 0.124. The van der Waals surface area contributed by atoms with Gasteiger partial charge in [-0.15, -0.1) is 0 Å². The number of carbonyl (C=O) groups excluding carboxylic acids is 1. The van der Waals surface area contributed by atoms with Crippen LogP contribution in [0.15, 0.2) is 18.2 Å². The summed E-state index contributed by atoms with van der Waals surface area (Å²) in [6.45, 7) is 10.3. The Balaban J connectivity index is 3.10. The number of rotatable bonds is 3. The summed E-state index contributed by atoms with van der Waals surface area (Å²) >= 11 is 2.23. The van der Waals surface area contributed by atoms with Crippen molar-refractivity contribution in [3.63, 3.8) is 0 Å². The van der Waals surface area contributed by atoms with E-state index in [1.165, 1.54) is 5.56 Å². The lowest BCUT2D eigenvalue weighted by atomic mass is 10.1. The molecule has 0 aliphatic carbocycles. The van der Waals surface area contributed by atoms with Crippen molar-refractivity contribution < 1.29 is 4.79 Å². The molecular formula is C14H20INO. The molecule has 1 aromatic rings. The number of nitrogens with zero attached hydrogens (tertiary/aromatic N) is 1. The molecular weight excluding hydrogens is 325 g/mol. The third-order valence-electron chi connectivity index (χ3n) is 2.70. The van der Waals surface area contributed by atoms with Crippen molar-refractivity contribution in [2.45, 2.75) is 46.7 Å². The van der Waals surface area contributed by atoms with Gasteiger partial charge < -0.3 is 4.90 Å². The second-order valence-corrected chi connectivity index (χ2v) is 6.05. The summed E-state index contributed by atoms with van der Waals surface area (Å²) in [5, 5.41) is 0. The van der Waals surface area contributed by atoms with Gasteiger partial charge in [0.05, 0.1) is 5.56 Å².